The Morgan fingerprint density at radius 1 is 1.13 bits per heavy atom. The van der Waals surface area contributed by atoms with Crippen molar-refractivity contribution in [2.75, 3.05) is 32.4 Å². The highest BCUT2D eigenvalue weighted by Gasteiger charge is 2.30. The number of carbonyl (C=O) groups excluding carboxylic acids is 1. The van der Waals surface area contributed by atoms with Gasteiger partial charge in [-0.2, -0.15) is 5.10 Å². The summed E-state index contributed by atoms with van der Waals surface area (Å²) in [7, 11) is 4.73. The Kier molecular flexibility index (Phi) is 4.33. The Balaban J connectivity index is 2.14. The third-order valence-corrected chi connectivity index (χ3v) is 4.88. The number of aromatic nitrogens is 2. The van der Waals surface area contributed by atoms with Crippen molar-refractivity contribution >= 4 is 23.5 Å². The molecule has 1 aliphatic heterocycles. The first-order valence-electron chi connectivity index (χ1n) is 6.93. The Bertz CT molecular complexity index is 732. The molecule has 7 nitrogen and oxygen atoms in total. The van der Waals surface area contributed by atoms with Crippen LogP contribution in [0.2, 0.25) is 0 Å². The predicted octanol–water partition coefficient (Wildman–Crippen LogP) is 2.21. The average molecular weight is 335 g/mol. The summed E-state index contributed by atoms with van der Waals surface area (Å²) in [6.45, 7) is 0. The standard InChI is InChI=1S/C15H17N3O4S/c1-20-10-5-4-8(12(21-2)13(10)22-3)14-9-6-16-18-15(9)17-11(19)7-23-14/h4-6,14H,7H2,1-3H3,(H2,16,17,18,19)/t14-/m0/s1. The van der Waals surface area contributed by atoms with Crippen molar-refractivity contribution in [2.45, 2.75) is 5.25 Å². The number of methoxy groups -OCH3 is 3. The fraction of sp³-hybridized carbons (Fsp3) is 0.333. The van der Waals surface area contributed by atoms with Crippen molar-refractivity contribution in [1.29, 1.82) is 0 Å². The second kappa shape index (κ2) is 6.41. The Hall–Kier alpha value is -2.35. The smallest absolute Gasteiger partial charge is 0.235 e. The lowest BCUT2D eigenvalue weighted by atomic mass is 10.0. The number of fused-ring (bicyclic) bond motifs is 1. The van der Waals surface area contributed by atoms with Gasteiger partial charge in [0.05, 0.1) is 38.5 Å². The van der Waals surface area contributed by atoms with Crippen LogP contribution in [0.1, 0.15) is 16.4 Å². The molecular weight excluding hydrogens is 318 g/mol. The number of hydrogen-bond donors (Lipinski definition) is 2. The van der Waals surface area contributed by atoms with Crippen LogP contribution in [-0.4, -0.2) is 43.2 Å². The van der Waals surface area contributed by atoms with Gasteiger partial charge in [0.15, 0.2) is 11.5 Å². The third-order valence-electron chi connectivity index (χ3n) is 3.61. The summed E-state index contributed by atoms with van der Waals surface area (Å²) in [4.78, 5) is 11.8. The van der Waals surface area contributed by atoms with E-state index in [4.69, 9.17) is 14.2 Å². The monoisotopic (exact) mass is 335 g/mol. The number of carbonyl (C=O) groups is 1. The molecule has 23 heavy (non-hydrogen) atoms. The van der Waals surface area contributed by atoms with Crippen molar-refractivity contribution in [2.24, 2.45) is 0 Å². The Morgan fingerprint density at radius 3 is 2.61 bits per heavy atom. The molecule has 1 aromatic carbocycles. The van der Waals surface area contributed by atoms with Gasteiger partial charge in [-0.1, -0.05) is 0 Å². The summed E-state index contributed by atoms with van der Waals surface area (Å²) in [5, 5.41) is 9.56. The molecule has 1 aromatic heterocycles. The molecule has 0 saturated heterocycles. The first kappa shape index (κ1) is 15.5. The summed E-state index contributed by atoms with van der Waals surface area (Å²) >= 11 is 1.51. The molecule has 1 amide bonds. The van der Waals surface area contributed by atoms with Gasteiger partial charge in [-0.3, -0.25) is 9.89 Å². The number of benzene rings is 1. The third kappa shape index (κ3) is 2.70. The van der Waals surface area contributed by atoms with Crippen LogP contribution in [0.3, 0.4) is 0 Å². The summed E-state index contributed by atoms with van der Waals surface area (Å²) in [6, 6.07) is 3.75. The molecule has 0 bridgehead atoms. The van der Waals surface area contributed by atoms with E-state index in [1.807, 2.05) is 12.1 Å². The molecule has 0 radical (unpaired) electrons. The summed E-state index contributed by atoms with van der Waals surface area (Å²) < 4.78 is 16.3. The molecule has 2 heterocycles. The van der Waals surface area contributed by atoms with E-state index < -0.39 is 0 Å². The first-order chi connectivity index (χ1) is 11.2. The largest absolute Gasteiger partial charge is 0.493 e. The zero-order valence-corrected chi connectivity index (χ0v) is 13.8. The van der Waals surface area contributed by atoms with Crippen molar-refractivity contribution in [3.05, 3.63) is 29.5 Å². The van der Waals surface area contributed by atoms with E-state index in [0.717, 1.165) is 11.1 Å². The van der Waals surface area contributed by atoms with Gasteiger partial charge in [0, 0.05) is 11.1 Å². The molecule has 8 heteroatoms. The second-order valence-corrected chi connectivity index (χ2v) is 5.96. The van der Waals surface area contributed by atoms with Crippen LogP contribution >= 0.6 is 11.8 Å². The summed E-state index contributed by atoms with van der Waals surface area (Å²) in [5.74, 6) is 2.59. The number of hydrogen-bond acceptors (Lipinski definition) is 6. The van der Waals surface area contributed by atoms with Crippen LogP contribution in [-0.2, 0) is 4.79 Å². The number of aromatic amines is 1. The minimum Gasteiger partial charge on any atom is -0.493 e. The van der Waals surface area contributed by atoms with Crippen LogP contribution in [0.5, 0.6) is 17.2 Å². The normalized spacial score (nSPS) is 17.0. The molecule has 1 atom stereocenters. The summed E-state index contributed by atoms with van der Waals surface area (Å²) in [6.07, 6.45) is 1.72. The van der Waals surface area contributed by atoms with Crippen LogP contribution in [0.25, 0.3) is 0 Å². The predicted molar refractivity (Wildman–Crippen MR) is 87.6 cm³/mol. The highest BCUT2D eigenvalue weighted by molar-refractivity contribution is 8.00. The minimum atomic E-state index is -0.113. The maximum atomic E-state index is 11.8. The molecule has 0 spiro atoms. The van der Waals surface area contributed by atoms with E-state index in [1.54, 1.807) is 27.5 Å². The van der Waals surface area contributed by atoms with E-state index in [0.29, 0.717) is 28.8 Å². The van der Waals surface area contributed by atoms with Crippen LogP contribution in [0, 0.1) is 0 Å². The lowest BCUT2D eigenvalue weighted by Crippen LogP contribution is -2.12. The molecule has 3 rings (SSSR count). The van der Waals surface area contributed by atoms with E-state index in [9.17, 15) is 4.79 Å². The molecule has 0 aliphatic carbocycles. The lowest BCUT2D eigenvalue weighted by molar-refractivity contribution is -0.113. The van der Waals surface area contributed by atoms with Crippen molar-refractivity contribution in [3.63, 3.8) is 0 Å². The van der Waals surface area contributed by atoms with Gasteiger partial charge in [-0.25, -0.2) is 0 Å². The maximum Gasteiger partial charge on any atom is 0.235 e. The number of H-pyrrole nitrogens is 1. The number of nitrogens with zero attached hydrogens (tertiary/aromatic N) is 1. The topological polar surface area (TPSA) is 85.5 Å². The SMILES string of the molecule is COc1ccc([C@@H]2SCC(=O)Nc3[nH]ncc32)c(OC)c1OC. The maximum absolute atomic E-state index is 11.8. The molecule has 122 valence electrons. The fourth-order valence-electron chi connectivity index (χ4n) is 2.61. The number of nitrogens with one attached hydrogen (secondary N) is 2. The highest BCUT2D eigenvalue weighted by Crippen LogP contribution is 2.49. The van der Waals surface area contributed by atoms with Gasteiger partial charge in [0.25, 0.3) is 0 Å². The zero-order valence-electron chi connectivity index (χ0n) is 13.0. The Morgan fingerprint density at radius 2 is 1.91 bits per heavy atom. The van der Waals surface area contributed by atoms with Gasteiger partial charge in [-0.15, -0.1) is 11.8 Å². The van der Waals surface area contributed by atoms with Gasteiger partial charge >= 0.3 is 0 Å². The molecule has 0 unspecified atom stereocenters. The minimum absolute atomic E-state index is 0.0672. The fourth-order valence-corrected chi connectivity index (χ4v) is 3.72. The van der Waals surface area contributed by atoms with E-state index in [-0.39, 0.29) is 11.2 Å². The highest BCUT2D eigenvalue weighted by atomic mass is 32.2. The Labute approximate surface area is 137 Å². The number of anilines is 1. The lowest BCUT2D eigenvalue weighted by Gasteiger charge is -2.20. The molecule has 0 fully saturated rings. The molecule has 0 saturated carbocycles. The summed E-state index contributed by atoms with van der Waals surface area (Å²) in [5.41, 5.74) is 1.79. The van der Waals surface area contributed by atoms with E-state index >= 15 is 0 Å². The van der Waals surface area contributed by atoms with Gasteiger partial charge < -0.3 is 19.5 Å². The number of rotatable bonds is 4. The van der Waals surface area contributed by atoms with E-state index in [1.165, 1.54) is 11.8 Å². The van der Waals surface area contributed by atoms with Crippen LogP contribution in [0.4, 0.5) is 5.82 Å². The molecule has 1 aliphatic rings. The van der Waals surface area contributed by atoms with Crippen molar-refractivity contribution < 1.29 is 19.0 Å². The van der Waals surface area contributed by atoms with Gasteiger partial charge in [0.2, 0.25) is 11.7 Å². The first-order valence-corrected chi connectivity index (χ1v) is 7.98. The average Bonchev–Trinajstić information content (AvgIpc) is 2.95. The van der Waals surface area contributed by atoms with Crippen molar-refractivity contribution in [3.8, 4) is 17.2 Å². The zero-order chi connectivity index (χ0) is 16.4. The second-order valence-electron chi connectivity index (χ2n) is 4.86. The number of thioether (sulfide) groups is 1. The van der Waals surface area contributed by atoms with E-state index in [2.05, 4.69) is 15.5 Å². The number of amides is 1. The number of ether oxygens (including phenoxy) is 3. The quantitative estimate of drug-likeness (QED) is 0.891. The van der Waals surface area contributed by atoms with Gasteiger partial charge in [0.1, 0.15) is 5.82 Å². The van der Waals surface area contributed by atoms with Crippen LogP contribution < -0.4 is 19.5 Å². The van der Waals surface area contributed by atoms with Crippen molar-refractivity contribution in [1.82, 2.24) is 10.2 Å². The molecular formula is C15H17N3O4S. The van der Waals surface area contributed by atoms with Crippen LogP contribution in [0.15, 0.2) is 18.3 Å². The molecule has 2 N–H and O–H groups in total. The van der Waals surface area contributed by atoms with Gasteiger partial charge in [-0.05, 0) is 12.1 Å². The molecule has 2 aromatic rings.